The highest BCUT2D eigenvalue weighted by Crippen LogP contribution is 2.31. The van der Waals surface area contributed by atoms with Crippen molar-refractivity contribution in [2.24, 2.45) is 0 Å². The van der Waals surface area contributed by atoms with Gasteiger partial charge >= 0.3 is 0 Å². The molecule has 0 saturated heterocycles. The van der Waals surface area contributed by atoms with Crippen LogP contribution in [-0.4, -0.2) is 10.1 Å². The van der Waals surface area contributed by atoms with Crippen LogP contribution < -0.4 is 4.74 Å². The molecule has 4 nitrogen and oxygen atoms in total. The number of aryl methyl sites for hydroxylation is 1. The smallest absolute Gasteiger partial charge is 0.148 e. The Morgan fingerprint density at radius 2 is 2.11 bits per heavy atom. The number of ether oxygens (including phenoxy) is 1. The van der Waals surface area contributed by atoms with Crippen LogP contribution in [0.1, 0.15) is 29.8 Å². The molecule has 1 heterocycles. The molecule has 0 saturated carbocycles. The molecule has 0 aliphatic rings. The van der Waals surface area contributed by atoms with Crippen LogP contribution in [0.4, 0.5) is 0 Å². The third-order valence-corrected chi connectivity index (χ3v) is 2.77. The molecule has 96 valence electrons. The number of aliphatic hydroxyl groups is 1. The molecule has 2 rings (SSSR count). The van der Waals surface area contributed by atoms with Crippen molar-refractivity contribution in [1.82, 2.24) is 4.98 Å². The molecule has 0 fully saturated rings. The fourth-order valence-corrected chi connectivity index (χ4v) is 1.73. The van der Waals surface area contributed by atoms with E-state index in [-0.39, 0.29) is 0 Å². The lowest BCUT2D eigenvalue weighted by Gasteiger charge is -2.14. The second-order valence-corrected chi connectivity index (χ2v) is 4.23. The SMILES string of the molecule is Cc1ncccc1Oc1cc(C#N)ccc1[C@H](C)O. The number of aliphatic hydroxyl groups excluding tert-OH is 1. The fraction of sp³-hybridized carbons (Fsp3) is 0.200. The van der Waals surface area contributed by atoms with Gasteiger partial charge in [0.15, 0.2) is 0 Å². The van der Waals surface area contributed by atoms with Crippen molar-refractivity contribution in [1.29, 1.82) is 5.26 Å². The van der Waals surface area contributed by atoms with Gasteiger partial charge in [0, 0.05) is 11.8 Å². The maximum Gasteiger partial charge on any atom is 0.148 e. The zero-order valence-electron chi connectivity index (χ0n) is 10.8. The highest BCUT2D eigenvalue weighted by molar-refractivity contribution is 5.46. The van der Waals surface area contributed by atoms with E-state index in [2.05, 4.69) is 11.1 Å². The van der Waals surface area contributed by atoms with Gasteiger partial charge in [-0.25, -0.2) is 0 Å². The average molecular weight is 254 g/mol. The van der Waals surface area contributed by atoms with Crippen molar-refractivity contribution in [3.63, 3.8) is 0 Å². The van der Waals surface area contributed by atoms with Crippen molar-refractivity contribution < 1.29 is 9.84 Å². The lowest BCUT2D eigenvalue weighted by Crippen LogP contribution is -1.98. The third-order valence-electron chi connectivity index (χ3n) is 2.77. The van der Waals surface area contributed by atoms with E-state index in [1.54, 1.807) is 43.5 Å². The Balaban J connectivity index is 2.44. The number of nitrogens with zero attached hydrogens (tertiary/aromatic N) is 2. The van der Waals surface area contributed by atoms with Crippen LogP contribution in [0.15, 0.2) is 36.5 Å². The van der Waals surface area contributed by atoms with Crippen molar-refractivity contribution in [2.75, 3.05) is 0 Å². The first-order valence-corrected chi connectivity index (χ1v) is 5.93. The van der Waals surface area contributed by atoms with Crippen molar-refractivity contribution in [3.8, 4) is 17.6 Å². The molecule has 1 N–H and O–H groups in total. The van der Waals surface area contributed by atoms with E-state index in [0.29, 0.717) is 22.6 Å². The standard InChI is InChI=1S/C15H14N2O2/c1-10-14(4-3-7-17-10)19-15-8-12(9-16)5-6-13(15)11(2)18/h3-8,11,18H,1-2H3/t11-/m0/s1. The summed E-state index contributed by atoms with van der Waals surface area (Å²) in [6.45, 7) is 3.50. The van der Waals surface area contributed by atoms with Gasteiger partial charge in [0.25, 0.3) is 0 Å². The van der Waals surface area contributed by atoms with E-state index in [0.717, 1.165) is 5.69 Å². The van der Waals surface area contributed by atoms with Gasteiger partial charge in [0.2, 0.25) is 0 Å². The Hall–Kier alpha value is -2.38. The summed E-state index contributed by atoms with van der Waals surface area (Å²) >= 11 is 0. The first kappa shape index (κ1) is 13.1. The number of hydrogen-bond acceptors (Lipinski definition) is 4. The van der Waals surface area contributed by atoms with E-state index in [9.17, 15) is 5.11 Å². The van der Waals surface area contributed by atoms with Crippen molar-refractivity contribution >= 4 is 0 Å². The second-order valence-electron chi connectivity index (χ2n) is 4.23. The van der Waals surface area contributed by atoms with Gasteiger partial charge in [-0.15, -0.1) is 0 Å². The zero-order valence-corrected chi connectivity index (χ0v) is 10.8. The van der Waals surface area contributed by atoms with E-state index in [1.165, 1.54) is 0 Å². The normalized spacial score (nSPS) is 11.7. The minimum Gasteiger partial charge on any atom is -0.455 e. The summed E-state index contributed by atoms with van der Waals surface area (Å²) in [5, 5.41) is 18.7. The fourth-order valence-electron chi connectivity index (χ4n) is 1.73. The van der Waals surface area contributed by atoms with Gasteiger partial charge in [0.05, 0.1) is 23.4 Å². The molecule has 0 radical (unpaired) electrons. The van der Waals surface area contributed by atoms with Gasteiger partial charge in [-0.05, 0) is 38.1 Å². The van der Waals surface area contributed by atoms with Crippen LogP contribution in [-0.2, 0) is 0 Å². The highest BCUT2D eigenvalue weighted by Gasteiger charge is 2.12. The highest BCUT2D eigenvalue weighted by atomic mass is 16.5. The van der Waals surface area contributed by atoms with Crippen LogP contribution in [0.25, 0.3) is 0 Å². The van der Waals surface area contributed by atoms with E-state index >= 15 is 0 Å². The largest absolute Gasteiger partial charge is 0.455 e. The predicted octanol–water partition coefficient (Wildman–Crippen LogP) is 3.11. The number of pyridine rings is 1. The Morgan fingerprint density at radius 1 is 1.32 bits per heavy atom. The predicted molar refractivity (Wildman–Crippen MR) is 70.8 cm³/mol. The topological polar surface area (TPSA) is 66.1 Å². The molecule has 1 atom stereocenters. The van der Waals surface area contributed by atoms with Gasteiger partial charge in [0.1, 0.15) is 11.5 Å². The molecule has 2 aromatic rings. The van der Waals surface area contributed by atoms with Crippen LogP contribution in [0.3, 0.4) is 0 Å². The van der Waals surface area contributed by atoms with Crippen LogP contribution in [0.5, 0.6) is 11.5 Å². The van der Waals surface area contributed by atoms with E-state index in [1.807, 2.05) is 6.92 Å². The first-order valence-electron chi connectivity index (χ1n) is 5.93. The molecule has 1 aromatic heterocycles. The number of hydrogen-bond donors (Lipinski definition) is 1. The summed E-state index contributed by atoms with van der Waals surface area (Å²) in [5.41, 5.74) is 1.88. The summed E-state index contributed by atoms with van der Waals surface area (Å²) in [6.07, 6.45) is 1.02. The summed E-state index contributed by atoms with van der Waals surface area (Å²) < 4.78 is 5.77. The van der Waals surface area contributed by atoms with Gasteiger partial charge < -0.3 is 9.84 Å². The van der Waals surface area contributed by atoms with Crippen LogP contribution in [0.2, 0.25) is 0 Å². The molecule has 0 aliphatic carbocycles. The molecule has 0 spiro atoms. The van der Waals surface area contributed by atoms with E-state index < -0.39 is 6.10 Å². The molecule has 0 amide bonds. The minimum absolute atomic E-state index is 0.477. The molecular weight excluding hydrogens is 240 g/mol. The van der Waals surface area contributed by atoms with E-state index in [4.69, 9.17) is 10.00 Å². The van der Waals surface area contributed by atoms with Gasteiger partial charge in [-0.3, -0.25) is 4.98 Å². The second kappa shape index (κ2) is 5.51. The quantitative estimate of drug-likeness (QED) is 0.913. The van der Waals surface area contributed by atoms with Crippen molar-refractivity contribution in [3.05, 3.63) is 53.3 Å². The minimum atomic E-state index is -0.667. The Morgan fingerprint density at radius 3 is 2.74 bits per heavy atom. The zero-order chi connectivity index (χ0) is 13.8. The third kappa shape index (κ3) is 2.90. The van der Waals surface area contributed by atoms with Crippen LogP contribution in [0, 0.1) is 18.3 Å². The lowest BCUT2D eigenvalue weighted by atomic mass is 10.1. The number of aromatic nitrogens is 1. The maximum absolute atomic E-state index is 9.74. The van der Waals surface area contributed by atoms with Gasteiger partial charge in [-0.1, -0.05) is 6.07 Å². The molecule has 4 heteroatoms. The molecule has 19 heavy (non-hydrogen) atoms. The Kier molecular flexibility index (Phi) is 3.79. The summed E-state index contributed by atoms with van der Waals surface area (Å²) in [7, 11) is 0. The number of nitriles is 1. The molecular formula is C15H14N2O2. The maximum atomic E-state index is 9.74. The Labute approximate surface area is 111 Å². The number of rotatable bonds is 3. The monoisotopic (exact) mass is 254 g/mol. The van der Waals surface area contributed by atoms with Crippen LogP contribution >= 0.6 is 0 Å². The lowest BCUT2D eigenvalue weighted by molar-refractivity contribution is 0.195. The van der Waals surface area contributed by atoms with Crippen molar-refractivity contribution in [2.45, 2.75) is 20.0 Å². The molecule has 0 unspecified atom stereocenters. The summed E-state index contributed by atoms with van der Waals surface area (Å²) in [4.78, 5) is 4.14. The summed E-state index contributed by atoms with van der Waals surface area (Å²) in [6, 6.07) is 10.6. The first-order chi connectivity index (χ1) is 9.11. The van der Waals surface area contributed by atoms with Gasteiger partial charge in [-0.2, -0.15) is 5.26 Å². The number of benzene rings is 1. The molecule has 1 aromatic carbocycles. The molecule has 0 aliphatic heterocycles. The average Bonchev–Trinajstić information content (AvgIpc) is 2.41. The Bertz CT molecular complexity index is 630. The summed E-state index contributed by atoms with van der Waals surface area (Å²) in [5.74, 6) is 1.09. The molecule has 0 bridgehead atoms.